The Balaban J connectivity index is 1.24. The Labute approximate surface area is 249 Å². The van der Waals surface area contributed by atoms with E-state index in [1.807, 2.05) is 6.07 Å². The fraction of sp³-hybridized carbons (Fsp3) is 0.207. The number of carbonyl (C=O) groups excluding carboxylic acids is 3. The molecule has 0 radical (unpaired) electrons. The largest absolute Gasteiger partial charge is 0.353 e. The van der Waals surface area contributed by atoms with E-state index < -0.39 is 24.0 Å². The van der Waals surface area contributed by atoms with Crippen molar-refractivity contribution in [3.63, 3.8) is 0 Å². The number of hydrogen-bond acceptors (Lipinski definition) is 8. The molecular weight excluding hydrogens is 577 g/mol. The van der Waals surface area contributed by atoms with Gasteiger partial charge in [0.1, 0.15) is 43.4 Å². The third-order valence-corrected chi connectivity index (χ3v) is 7.49. The lowest BCUT2D eigenvalue weighted by molar-refractivity contribution is -0.137. The molecule has 1 aliphatic heterocycles. The molecule has 12 nitrogen and oxygen atoms in total. The van der Waals surface area contributed by atoms with Crippen molar-refractivity contribution >= 4 is 57.2 Å². The van der Waals surface area contributed by atoms with Crippen LogP contribution in [0.2, 0.25) is 5.02 Å². The van der Waals surface area contributed by atoms with Crippen LogP contribution in [0.5, 0.6) is 0 Å². The number of likely N-dealkylation sites (tertiary alicyclic amines) is 1. The van der Waals surface area contributed by atoms with Crippen molar-refractivity contribution in [2.75, 3.05) is 17.2 Å². The summed E-state index contributed by atoms with van der Waals surface area (Å²) in [6.45, 7) is 1.03. The van der Waals surface area contributed by atoms with Gasteiger partial charge in [0.25, 0.3) is 0 Å². The highest BCUT2D eigenvalue weighted by molar-refractivity contribution is 6.33. The van der Waals surface area contributed by atoms with Crippen LogP contribution in [0.25, 0.3) is 16.6 Å². The molecule has 14 heteroatoms. The predicted molar refractivity (Wildman–Crippen MR) is 157 cm³/mol. The number of hydrogen-bond donors (Lipinski definition) is 2. The molecule has 3 aromatic heterocycles. The van der Waals surface area contributed by atoms with Gasteiger partial charge in [-0.15, -0.1) is 0 Å². The quantitative estimate of drug-likeness (QED) is 0.252. The molecule has 0 spiro atoms. The summed E-state index contributed by atoms with van der Waals surface area (Å²) in [5, 5.41) is 11.0. The van der Waals surface area contributed by atoms with Crippen LogP contribution in [0.1, 0.15) is 23.7 Å². The van der Waals surface area contributed by atoms with Crippen molar-refractivity contribution in [2.45, 2.75) is 32.1 Å². The molecule has 5 aromatic rings. The van der Waals surface area contributed by atoms with Crippen molar-refractivity contribution < 1.29 is 18.8 Å². The first kappa shape index (κ1) is 28.0. The Hall–Kier alpha value is -5.17. The molecule has 1 saturated heterocycles. The lowest BCUT2D eigenvalue weighted by atomic mass is 10.1. The van der Waals surface area contributed by atoms with Gasteiger partial charge in [-0.05, 0) is 37.3 Å². The molecule has 43 heavy (non-hydrogen) atoms. The second-order valence-corrected chi connectivity index (χ2v) is 10.5. The monoisotopic (exact) mass is 601 g/mol. The maximum absolute atomic E-state index is 14.7. The summed E-state index contributed by atoms with van der Waals surface area (Å²) in [4.78, 5) is 52.6. The van der Waals surface area contributed by atoms with Crippen molar-refractivity contribution in [3.05, 3.63) is 84.6 Å². The van der Waals surface area contributed by atoms with Crippen LogP contribution < -0.4 is 10.6 Å². The van der Waals surface area contributed by atoms with Crippen LogP contribution in [0.4, 0.5) is 21.5 Å². The van der Waals surface area contributed by atoms with Crippen LogP contribution >= 0.6 is 11.6 Å². The van der Waals surface area contributed by atoms with Gasteiger partial charge in [-0.1, -0.05) is 17.7 Å². The molecule has 0 aliphatic carbocycles. The first-order valence-electron chi connectivity index (χ1n) is 13.3. The number of aromatic nitrogens is 6. The Morgan fingerprint density at radius 3 is 2.63 bits per heavy atom. The van der Waals surface area contributed by atoms with E-state index in [1.54, 1.807) is 53.5 Å². The van der Waals surface area contributed by atoms with Gasteiger partial charge in [-0.2, -0.15) is 5.10 Å². The molecule has 6 rings (SSSR count). The van der Waals surface area contributed by atoms with E-state index in [2.05, 4.69) is 30.7 Å². The second-order valence-electron chi connectivity index (χ2n) is 10.1. The molecule has 1 fully saturated rings. The van der Waals surface area contributed by atoms with Crippen molar-refractivity contribution in [3.8, 4) is 5.69 Å². The topological polar surface area (TPSA) is 140 Å². The third kappa shape index (κ3) is 5.66. The van der Waals surface area contributed by atoms with E-state index in [9.17, 15) is 18.8 Å². The van der Waals surface area contributed by atoms with Crippen molar-refractivity contribution in [1.82, 2.24) is 34.2 Å². The zero-order valence-corrected chi connectivity index (χ0v) is 23.6. The zero-order valence-electron chi connectivity index (χ0n) is 22.8. The average Bonchev–Trinajstić information content (AvgIpc) is 3.73. The number of rotatable bonds is 8. The van der Waals surface area contributed by atoms with E-state index in [-0.39, 0.29) is 25.3 Å². The van der Waals surface area contributed by atoms with Crippen molar-refractivity contribution in [1.29, 1.82) is 0 Å². The van der Waals surface area contributed by atoms with Gasteiger partial charge in [0, 0.05) is 34.8 Å². The molecule has 1 aliphatic rings. The Morgan fingerprint density at radius 2 is 1.88 bits per heavy atom. The molecular formula is C29H25ClFN9O3. The van der Waals surface area contributed by atoms with Gasteiger partial charge in [-0.3, -0.25) is 14.4 Å². The van der Waals surface area contributed by atoms with E-state index in [0.717, 1.165) is 0 Å². The number of fused-ring (bicyclic) bond motifs is 1. The van der Waals surface area contributed by atoms with E-state index in [4.69, 9.17) is 11.6 Å². The van der Waals surface area contributed by atoms with Gasteiger partial charge >= 0.3 is 0 Å². The number of anilines is 3. The van der Waals surface area contributed by atoms with Crippen LogP contribution in [-0.2, 0) is 16.1 Å². The van der Waals surface area contributed by atoms with Gasteiger partial charge in [0.2, 0.25) is 11.8 Å². The summed E-state index contributed by atoms with van der Waals surface area (Å²) in [5.41, 5.74) is 3.18. The molecule has 2 aromatic carbocycles. The lowest BCUT2D eigenvalue weighted by Crippen LogP contribution is -2.44. The van der Waals surface area contributed by atoms with E-state index >= 15 is 0 Å². The normalized spacial score (nSPS) is 16.4. The number of alkyl halides is 1. The summed E-state index contributed by atoms with van der Waals surface area (Å²) in [6, 6.07) is 9.29. The number of nitrogens with zero attached hydrogens (tertiary/aromatic N) is 7. The van der Waals surface area contributed by atoms with Gasteiger partial charge in [0.15, 0.2) is 5.78 Å². The maximum Gasteiger partial charge on any atom is 0.247 e. The highest BCUT2D eigenvalue weighted by Gasteiger charge is 2.40. The smallest absolute Gasteiger partial charge is 0.247 e. The molecule has 2 amide bonds. The minimum Gasteiger partial charge on any atom is -0.353 e. The summed E-state index contributed by atoms with van der Waals surface area (Å²) >= 11 is 6.38. The Kier molecular flexibility index (Phi) is 7.55. The fourth-order valence-corrected chi connectivity index (χ4v) is 5.51. The molecule has 218 valence electrons. The molecule has 2 unspecified atom stereocenters. The first-order valence-corrected chi connectivity index (χ1v) is 13.7. The van der Waals surface area contributed by atoms with Crippen LogP contribution in [0.15, 0.2) is 74.0 Å². The molecule has 2 atom stereocenters. The summed E-state index contributed by atoms with van der Waals surface area (Å²) in [5.74, 6) is -1.19. The highest BCUT2D eigenvalue weighted by atomic mass is 35.5. The van der Waals surface area contributed by atoms with E-state index in [1.165, 1.54) is 35.5 Å². The number of nitrogens with one attached hydrogen (secondary N) is 2. The standard InChI is InChI=1S/C29H25ClFN9O3/c1-17(41)22-12-38(25-6-5-19(8-21(22)25)36-20-9-32-14-33-10-20)13-27(42)39-11-18(31)7-26(39)29(43)37-24-4-2-3-23(30)28(24)40-16-34-15-35-40/h2-6,8-10,12,14-16,18,26,36H,7,11,13H2,1H3,(H,37,43). The number of amides is 2. The number of halogens is 2. The van der Waals surface area contributed by atoms with Crippen molar-refractivity contribution in [2.24, 2.45) is 0 Å². The Bertz CT molecular complexity index is 1830. The van der Waals surface area contributed by atoms with Crippen LogP contribution in [0, 0.1) is 0 Å². The number of Topliss-reactive ketones (excluding diaryl/α,β-unsaturated/α-hetero) is 1. The van der Waals surface area contributed by atoms with Gasteiger partial charge < -0.3 is 20.1 Å². The summed E-state index contributed by atoms with van der Waals surface area (Å²) < 4.78 is 17.7. The van der Waals surface area contributed by atoms with Crippen LogP contribution in [0.3, 0.4) is 0 Å². The number of ketones is 1. The number of benzene rings is 2. The number of carbonyl (C=O) groups is 3. The second kappa shape index (κ2) is 11.6. The van der Waals surface area contributed by atoms with E-state index in [0.29, 0.717) is 44.2 Å². The van der Waals surface area contributed by atoms with Gasteiger partial charge in [0.05, 0.1) is 35.3 Å². The third-order valence-electron chi connectivity index (χ3n) is 7.18. The average molecular weight is 602 g/mol. The molecule has 4 heterocycles. The molecule has 0 bridgehead atoms. The van der Waals surface area contributed by atoms with Gasteiger partial charge in [-0.25, -0.2) is 24.0 Å². The molecule has 0 saturated carbocycles. The minimum atomic E-state index is -1.38. The highest BCUT2D eigenvalue weighted by Crippen LogP contribution is 2.31. The van der Waals surface area contributed by atoms with Crippen LogP contribution in [-0.4, -0.2) is 70.6 Å². The lowest BCUT2D eigenvalue weighted by Gasteiger charge is -2.24. The molecule has 2 N–H and O–H groups in total. The SMILES string of the molecule is CC(=O)c1cn(CC(=O)N2CC(F)CC2C(=O)Nc2cccc(Cl)c2-n2cncn2)c2ccc(Nc3cncnc3)cc12. The Morgan fingerprint density at radius 1 is 1.07 bits per heavy atom. The minimum absolute atomic E-state index is 0.153. The predicted octanol–water partition coefficient (Wildman–Crippen LogP) is 4.19. The summed E-state index contributed by atoms with van der Waals surface area (Å²) in [6.07, 6.45) is 7.51. The maximum atomic E-state index is 14.7. The zero-order chi connectivity index (χ0) is 30.1. The summed E-state index contributed by atoms with van der Waals surface area (Å²) in [7, 11) is 0. The number of para-hydroxylation sites is 1. The fourth-order valence-electron chi connectivity index (χ4n) is 5.25. The first-order chi connectivity index (χ1) is 20.8.